The van der Waals surface area contributed by atoms with Gasteiger partial charge in [0.2, 0.25) is 11.8 Å². The number of hydrogen-bond acceptors (Lipinski definition) is 2. The molecule has 0 spiro atoms. The van der Waals surface area contributed by atoms with E-state index < -0.39 is 0 Å². The second-order valence-corrected chi connectivity index (χ2v) is 4.25. The molecule has 4 heteroatoms. The molecule has 0 atom stereocenters. The molecular formula is C9H18N2O2. The molecule has 76 valence electrons. The summed E-state index contributed by atoms with van der Waals surface area (Å²) in [5.74, 6) is -0.183. The molecule has 4 nitrogen and oxygen atoms in total. The van der Waals surface area contributed by atoms with Crippen molar-refractivity contribution in [3.8, 4) is 0 Å². The summed E-state index contributed by atoms with van der Waals surface area (Å²) in [6.07, 6.45) is 0.465. The molecule has 0 aliphatic rings. The molecule has 0 saturated heterocycles. The average molecular weight is 186 g/mol. The zero-order chi connectivity index (χ0) is 10.5. The van der Waals surface area contributed by atoms with Gasteiger partial charge in [0.1, 0.15) is 0 Å². The summed E-state index contributed by atoms with van der Waals surface area (Å²) in [5, 5.41) is 5.09. The first kappa shape index (κ1) is 11.9. The Hall–Kier alpha value is -1.06. The van der Waals surface area contributed by atoms with E-state index in [-0.39, 0.29) is 23.9 Å². The maximum Gasteiger partial charge on any atom is 0.221 e. The van der Waals surface area contributed by atoms with Crippen LogP contribution in [0.15, 0.2) is 0 Å². The van der Waals surface area contributed by atoms with E-state index in [1.807, 2.05) is 20.8 Å². The van der Waals surface area contributed by atoms with Crippen molar-refractivity contribution >= 4 is 11.8 Å². The average Bonchev–Trinajstić information content (AvgIpc) is 1.81. The predicted molar refractivity (Wildman–Crippen MR) is 50.9 cm³/mol. The van der Waals surface area contributed by atoms with Gasteiger partial charge in [-0.25, -0.2) is 0 Å². The topological polar surface area (TPSA) is 58.2 Å². The molecule has 0 aromatic rings. The fourth-order valence-corrected chi connectivity index (χ4v) is 0.811. The lowest BCUT2D eigenvalue weighted by Gasteiger charge is -2.17. The zero-order valence-electron chi connectivity index (χ0n) is 8.73. The molecule has 0 aliphatic heterocycles. The van der Waals surface area contributed by atoms with Gasteiger partial charge in [0.05, 0.1) is 6.67 Å². The molecule has 0 fully saturated rings. The highest BCUT2D eigenvalue weighted by atomic mass is 16.2. The first-order valence-electron chi connectivity index (χ1n) is 4.32. The molecule has 0 heterocycles. The van der Waals surface area contributed by atoms with E-state index in [0.29, 0.717) is 6.42 Å². The van der Waals surface area contributed by atoms with E-state index >= 15 is 0 Å². The summed E-state index contributed by atoms with van der Waals surface area (Å²) in [6.45, 7) is 7.60. The number of amides is 2. The molecule has 0 aromatic heterocycles. The van der Waals surface area contributed by atoms with Crippen LogP contribution in [-0.2, 0) is 9.59 Å². The van der Waals surface area contributed by atoms with Crippen molar-refractivity contribution in [1.82, 2.24) is 10.6 Å². The van der Waals surface area contributed by atoms with Gasteiger partial charge in [-0.15, -0.1) is 0 Å². The molecule has 0 radical (unpaired) electrons. The molecule has 2 amide bonds. The van der Waals surface area contributed by atoms with Gasteiger partial charge < -0.3 is 10.6 Å². The second kappa shape index (κ2) is 4.84. The zero-order valence-corrected chi connectivity index (χ0v) is 8.73. The van der Waals surface area contributed by atoms with Crippen LogP contribution in [0.1, 0.15) is 34.1 Å². The largest absolute Gasteiger partial charge is 0.339 e. The molecule has 0 unspecified atom stereocenters. The lowest BCUT2D eigenvalue weighted by molar-refractivity contribution is -0.123. The van der Waals surface area contributed by atoms with E-state index in [4.69, 9.17) is 0 Å². The van der Waals surface area contributed by atoms with Crippen LogP contribution in [0.5, 0.6) is 0 Å². The Morgan fingerprint density at radius 2 is 1.69 bits per heavy atom. The van der Waals surface area contributed by atoms with Crippen molar-refractivity contribution in [2.45, 2.75) is 34.1 Å². The fraction of sp³-hybridized carbons (Fsp3) is 0.778. The third-order valence-corrected chi connectivity index (χ3v) is 1.31. The molecular weight excluding hydrogens is 168 g/mol. The Morgan fingerprint density at radius 3 is 2.08 bits per heavy atom. The van der Waals surface area contributed by atoms with Crippen LogP contribution in [0.25, 0.3) is 0 Å². The smallest absolute Gasteiger partial charge is 0.221 e. The number of carbonyl (C=O) groups is 2. The van der Waals surface area contributed by atoms with E-state index in [1.54, 1.807) is 0 Å². The van der Waals surface area contributed by atoms with Crippen molar-refractivity contribution in [2.24, 2.45) is 5.41 Å². The molecule has 0 rings (SSSR count). The van der Waals surface area contributed by atoms with Crippen LogP contribution < -0.4 is 10.6 Å². The van der Waals surface area contributed by atoms with Gasteiger partial charge in [0, 0.05) is 13.3 Å². The van der Waals surface area contributed by atoms with E-state index in [2.05, 4.69) is 10.6 Å². The first-order valence-corrected chi connectivity index (χ1v) is 4.32. The van der Waals surface area contributed by atoms with Crippen molar-refractivity contribution in [3.05, 3.63) is 0 Å². The van der Waals surface area contributed by atoms with Crippen molar-refractivity contribution in [3.63, 3.8) is 0 Å². The molecule has 13 heavy (non-hydrogen) atoms. The van der Waals surface area contributed by atoms with Gasteiger partial charge in [0.15, 0.2) is 0 Å². The number of nitrogens with one attached hydrogen (secondary N) is 2. The lowest BCUT2D eigenvalue weighted by atomic mass is 9.92. The Balaban J connectivity index is 3.59. The summed E-state index contributed by atoms with van der Waals surface area (Å²) in [5.41, 5.74) is -0.0136. The number of rotatable bonds is 3. The second-order valence-electron chi connectivity index (χ2n) is 4.25. The van der Waals surface area contributed by atoms with E-state index in [9.17, 15) is 9.59 Å². The predicted octanol–water partition coefficient (Wildman–Crippen LogP) is 0.632. The Morgan fingerprint density at radius 1 is 1.15 bits per heavy atom. The molecule has 0 saturated carbocycles. The van der Waals surface area contributed by atoms with Crippen LogP contribution in [0.4, 0.5) is 0 Å². The summed E-state index contributed by atoms with van der Waals surface area (Å²) < 4.78 is 0. The van der Waals surface area contributed by atoms with Gasteiger partial charge in [-0.3, -0.25) is 9.59 Å². The standard InChI is InChI=1S/C9H18N2O2/c1-7(12)10-6-11-8(13)5-9(2,3)4/h5-6H2,1-4H3,(H,10,12)(H,11,13). The van der Waals surface area contributed by atoms with Crippen LogP contribution >= 0.6 is 0 Å². The van der Waals surface area contributed by atoms with Crippen LogP contribution in [0.3, 0.4) is 0 Å². The van der Waals surface area contributed by atoms with Gasteiger partial charge in [-0.05, 0) is 5.41 Å². The van der Waals surface area contributed by atoms with E-state index in [0.717, 1.165) is 0 Å². The minimum atomic E-state index is -0.143. The van der Waals surface area contributed by atoms with Gasteiger partial charge in [-0.2, -0.15) is 0 Å². The van der Waals surface area contributed by atoms with Crippen molar-refractivity contribution < 1.29 is 9.59 Å². The highest BCUT2D eigenvalue weighted by Gasteiger charge is 2.15. The normalized spacial score (nSPS) is 10.8. The van der Waals surface area contributed by atoms with Crippen molar-refractivity contribution in [2.75, 3.05) is 6.67 Å². The minimum absolute atomic E-state index is 0.0136. The molecule has 0 aromatic carbocycles. The maximum atomic E-state index is 11.2. The van der Waals surface area contributed by atoms with Gasteiger partial charge in [-0.1, -0.05) is 20.8 Å². The summed E-state index contributed by atoms with van der Waals surface area (Å²) in [7, 11) is 0. The highest BCUT2D eigenvalue weighted by molar-refractivity contribution is 5.77. The Kier molecular flexibility index (Phi) is 4.45. The van der Waals surface area contributed by atoms with Crippen LogP contribution in [-0.4, -0.2) is 18.5 Å². The third kappa shape index (κ3) is 8.85. The van der Waals surface area contributed by atoms with E-state index in [1.165, 1.54) is 6.92 Å². The van der Waals surface area contributed by atoms with Crippen molar-refractivity contribution in [1.29, 1.82) is 0 Å². The summed E-state index contributed by atoms with van der Waals surface area (Å²) in [4.78, 5) is 21.6. The monoisotopic (exact) mass is 186 g/mol. The minimum Gasteiger partial charge on any atom is -0.339 e. The molecule has 0 aliphatic carbocycles. The number of carbonyl (C=O) groups excluding carboxylic acids is 2. The van der Waals surface area contributed by atoms with Crippen LogP contribution in [0.2, 0.25) is 0 Å². The number of hydrogen-bond donors (Lipinski definition) is 2. The summed E-state index contributed by atoms with van der Waals surface area (Å²) in [6, 6.07) is 0. The van der Waals surface area contributed by atoms with Gasteiger partial charge >= 0.3 is 0 Å². The SMILES string of the molecule is CC(=O)NCNC(=O)CC(C)(C)C. The quantitative estimate of drug-likeness (QED) is 0.635. The maximum absolute atomic E-state index is 11.2. The first-order chi connectivity index (χ1) is 5.81. The van der Waals surface area contributed by atoms with Gasteiger partial charge in [0.25, 0.3) is 0 Å². The molecule has 2 N–H and O–H groups in total. The Labute approximate surface area is 79.1 Å². The fourth-order valence-electron chi connectivity index (χ4n) is 0.811. The highest BCUT2D eigenvalue weighted by Crippen LogP contribution is 2.17. The molecule has 0 bridgehead atoms. The Bertz CT molecular complexity index is 194. The van der Waals surface area contributed by atoms with Crippen LogP contribution in [0, 0.1) is 5.41 Å². The summed E-state index contributed by atoms with van der Waals surface area (Å²) >= 11 is 0. The third-order valence-electron chi connectivity index (χ3n) is 1.31. The lowest BCUT2D eigenvalue weighted by Crippen LogP contribution is -2.37.